The average Bonchev–Trinajstić information content (AvgIpc) is 3.41. The number of amides is 1. The molecule has 0 atom stereocenters. The largest absolute Gasteiger partial charge is 0.458 e. The minimum Gasteiger partial charge on any atom is -0.458 e. The summed E-state index contributed by atoms with van der Waals surface area (Å²) in [6.07, 6.45) is 2.78. The summed E-state index contributed by atoms with van der Waals surface area (Å²) in [6, 6.07) is 8.35. The molecule has 1 aromatic carbocycles. The molecule has 0 bridgehead atoms. The van der Waals surface area contributed by atoms with E-state index in [0.717, 1.165) is 30.0 Å². The highest BCUT2D eigenvalue weighted by atomic mass is 32.2. The van der Waals surface area contributed by atoms with E-state index in [1.807, 2.05) is 18.4 Å². The van der Waals surface area contributed by atoms with E-state index >= 15 is 0 Å². The van der Waals surface area contributed by atoms with Crippen molar-refractivity contribution in [2.24, 2.45) is 0 Å². The second-order valence-electron chi connectivity index (χ2n) is 7.64. The number of nitrogens with one attached hydrogen (secondary N) is 1. The third-order valence-corrected chi connectivity index (χ3v) is 8.03. The highest BCUT2D eigenvalue weighted by molar-refractivity contribution is 7.89. The number of furan rings is 1. The van der Waals surface area contributed by atoms with Gasteiger partial charge in [0.2, 0.25) is 10.0 Å². The Hall–Kier alpha value is -2.49. The van der Waals surface area contributed by atoms with E-state index in [2.05, 4.69) is 10.3 Å². The number of benzene rings is 1. The number of thiazole rings is 1. The van der Waals surface area contributed by atoms with Crippen LogP contribution in [-0.2, 0) is 16.6 Å². The summed E-state index contributed by atoms with van der Waals surface area (Å²) in [5, 5.41) is 5.70. The Balaban J connectivity index is 1.47. The summed E-state index contributed by atoms with van der Waals surface area (Å²) in [7, 11) is -3.60. The van der Waals surface area contributed by atoms with E-state index in [-0.39, 0.29) is 17.3 Å². The lowest BCUT2D eigenvalue weighted by atomic mass is 10.1. The molecule has 0 aliphatic carbocycles. The van der Waals surface area contributed by atoms with Gasteiger partial charge in [0.25, 0.3) is 5.91 Å². The topological polar surface area (TPSA) is 92.5 Å². The van der Waals surface area contributed by atoms with Crippen molar-refractivity contribution < 1.29 is 17.6 Å². The Labute approximate surface area is 186 Å². The molecule has 9 heteroatoms. The van der Waals surface area contributed by atoms with Gasteiger partial charge >= 0.3 is 0 Å². The number of sulfonamides is 1. The second-order valence-corrected chi connectivity index (χ2v) is 10.6. The van der Waals surface area contributed by atoms with Crippen molar-refractivity contribution in [1.82, 2.24) is 14.6 Å². The number of hydrogen-bond acceptors (Lipinski definition) is 6. The van der Waals surface area contributed by atoms with Crippen LogP contribution in [0, 0.1) is 13.8 Å². The van der Waals surface area contributed by atoms with Crippen LogP contribution >= 0.6 is 11.3 Å². The lowest BCUT2D eigenvalue weighted by Gasteiger charge is -2.26. The van der Waals surface area contributed by atoms with Gasteiger partial charge in [-0.1, -0.05) is 12.5 Å². The van der Waals surface area contributed by atoms with Crippen LogP contribution < -0.4 is 5.32 Å². The van der Waals surface area contributed by atoms with Gasteiger partial charge in [-0.05, 0) is 56.5 Å². The van der Waals surface area contributed by atoms with E-state index in [4.69, 9.17) is 4.42 Å². The quantitative estimate of drug-likeness (QED) is 0.598. The van der Waals surface area contributed by atoms with E-state index in [1.54, 1.807) is 36.5 Å². The fraction of sp³-hybridized carbons (Fsp3) is 0.364. The summed E-state index contributed by atoms with van der Waals surface area (Å²) in [5.74, 6) is 0.916. The first-order chi connectivity index (χ1) is 14.8. The first kappa shape index (κ1) is 21.7. The van der Waals surface area contributed by atoms with Crippen LogP contribution in [0.4, 0.5) is 0 Å². The molecule has 1 N–H and O–H groups in total. The number of carbonyl (C=O) groups excluding carboxylic acids is 1. The predicted octanol–water partition coefficient (Wildman–Crippen LogP) is 4.12. The minimum absolute atomic E-state index is 0.157. The SMILES string of the molecule is Cc1nc(-c2ccc(CNC(=O)c3cc(S(=O)(=O)N4CCCCC4)ccc3C)o2)cs1. The molecule has 4 rings (SSSR count). The smallest absolute Gasteiger partial charge is 0.251 e. The van der Waals surface area contributed by atoms with E-state index in [0.29, 0.717) is 35.7 Å². The molecule has 0 unspecified atom stereocenters. The average molecular weight is 460 g/mol. The Morgan fingerprint density at radius 2 is 1.94 bits per heavy atom. The van der Waals surface area contributed by atoms with Crippen molar-refractivity contribution in [1.29, 1.82) is 0 Å². The fourth-order valence-corrected chi connectivity index (χ4v) is 5.76. The van der Waals surface area contributed by atoms with Gasteiger partial charge in [-0.3, -0.25) is 4.79 Å². The predicted molar refractivity (Wildman–Crippen MR) is 120 cm³/mol. The normalized spacial score (nSPS) is 15.2. The molecule has 31 heavy (non-hydrogen) atoms. The molecule has 0 spiro atoms. The van der Waals surface area contributed by atoms with Crippen LogP contribution in [0.25, 0.3) is 11.5 Å². The summed E-state index contributed by atoms with van der Waals surface area (Å²) >= 11 is 1.55. The zero-order chi connectivity index (χ0) is 22.0. The molecule has 1 fully saturated rings. The highest BCUT2D eigenvalue weighted by Crippen LogP contribution is 2.25. The Morgan fingerprint density at radius 3 is 2.65 bits per heavy atom. The first-order valence-corrected chi connectivity index (χ1v) is 12.6. The number of rotatable bonds is 6. The van der Waals surface area contributed by atoms with Crippen molar-refractivity contribution in [3.63, 3.8) is 0 Å². The number of carbonyl (C=O) groups is 1. The molecule has 3 heterocycles. The lowest BCUT2D eigenvalue weighted by Crippen LogP contribution is -2.35. The maximum atomic E-state index is 13.0. The Bertz CT molecular complexity index is 1190. The Kier molecular flexibility index (Phi) is 6.27. The van der Waals surface area contributed by atoms with Gasteiger partial charge in [0, 0.05) is 24.0 Å². The summed E-state index contributed by atoms with van der Waals surface area (Å²) in [6.45, 7) is 4.97. The van der Waals surface area contributed by atoms with Crippen molar-refractivity contribution in [2.45, 2.75) is 44.6 Å². The molecule has 0 saturated carbocycles. The summed E-state index contributed by atoms with van der Waals surface area (Å²) in [4.78, 5) is 17.4. The molecular weight excluding hydrogens is 434 g/mol. The van der Waals surface area contributed by atoms with Crippen LogP contribution in [0.3, 0.4) is 0 Å². The standard InChI is InChI=1S/C22H25N3O4S2/c1-15-6-8-18(31(27,28)25-10-4-3-5-11-25)12-19(15)22(26)23-13-17-7-9-21(29-17)20-14-30-16(2)24-20/h6-9,12,14H,3-5,10-11,13H2,1-2H3,(H,23,26). The number of hydrogen-bond donors (Lipinski definition) is 1. The number of nitrogens with zero attached hydrogens (tertiary/aromatic N) is 2. The van der Waals surface area contributed by atoms with Crippen LogP contribution in [0.1, 0.15) is 46.0 Å². The first-order valence-electron chi connectivity index (χ1n) is 10.2. The molecule has 3 aromatic rings. The number of aryl methyl sites for hydroxylation is 2. The van der Waals surface area contributed by atoms with Gasteiger partial charge in [0.1, 0.15) is 11.5 Å². The third-order valence-electron chi connectivity index (χ3n) is 5.36. The molecule has 1 aliphatic heterocycles. The molecular formula is C22H25N3O4S2. The highest BCUT2D eigenvalue weighted by Gasteiger charge is 2.27. The lowest BCUT2D eigenvalue weighted by molar-refractivity contribution is 0.0947. The maximum absolute atomic E-state index is 13.0. The zero-order valence-electron chi connectivity index (χ0n) is 17.6. The van der Waals surface area contributed by atoms with Gasteiger partial charge in [-0.2, -0.15) is 4.31 Å². The van der Waals surface area contributed by atoms with Crippen LogP contribution in [0.5, 0.6) is 0 Å². The summed E-state index contributed by atoms with van der Waals surface area (Å²) in [5.41, 5.74) is 1.83. The maximum Gasteiger partial charge on any atom is 0.251 e. The Morgan fingerprint density at radius 1 is 1.16 bits per heavy atom. The molecule has 1 aliphatic rings. The van der Waals surface area contributed by atoms with Crippen LogP contribution in [0.2, 0.25) is 0 Å². The monoisotopic (exact) mass is 459 g/mol. The van der Waals surface area contributed by atoms with Gasteiger partial charge in [0.05, 0.1) is 16.4 Å². The van der Waals surface area contributed by atoms with Gasteiger partial charge in [-0.15, -0.1) is 11.3 Å². The zero-order valence-corrected chi connectivity index (χ0v) is 19.2. The number of aromatic nitrogens is 1. The van der Waals surface area contributed by atoms with Crippen molar-refractivity contribution in [3.05, 3.63) is 57.6 Å². The van der Waals surface area contributed by atoms with Gasteiger partial charge in [-0.25, -0.2) is 13.4 Å². The van der Waals surface area contributed by atoms with E-state index in [9.17, 15) is 13.2 Å². The van der Waals surface area contributed by atoms with E-state index < -0.39 is 10.0 Å². The van der Waals surface area contributed by atoms with Crippen molar-refractivity contribution in [2.75, 3.05) is 13.1 Å². The molecule has 1 amide bonds. The van der Waals surface area contributed by atoms with Crippen LogP contribution in [0.15, 0.2) is 45.0 Å². The van der Waals surface area contributed by atoms with Gasteiger partial charge < -0.3 is 9.73 Å². The molecule has 1 saturated heterocycles. The minimum atomic E-state index is -3.60. The van der Waals surface area contributed by atoms with E-state index in [1.165, 1.54) is 10.4 Å². The van der Waals surface area contributed by atoms with Crippen molar-refractivity contribution >= 4 is 27.3 Å². The molecule has 7 nitrogen and oxygen atoms in total. The van der Waals surface area contributed by atoms with Crippen LogP contribution in [-0.4, -0.2) is 36.7 Å². The summed E-state index contributed by atoms with van der Waals surface area (Å²) < 4.78 is 33.2. The molecule has 0 radical (unpaired) electrons. The number of piperidine rings is 1. The molecule has 164 valence electrons. The second kappa shape index (κ2) is 8.94. The van der Waals surface area contributed by atoms with Crippen molar-refractivity contribution in [3.8, 4) is 11.5 Å². The third kappa shape index (κ3) is 4.73. The van der Waals surface area contributed by atoms with Gasteiger partial charge in [0.15, 0.2) is 5.76 Å². The molecule has 2 aromatic heterocycles. The fourth-order valence-electron chi connectivity index (χ4n) is 3.61.